The van der Waals surface area contributed by atoms with Crippen molar-refractivity contribution in [3.05, 3.63) is 41.5 Å². The van der Waals surface area contributed by atoms with Gasteiger partial charge in [-0.25, -0.2) is 0 Å². The van der Waals surface area contributed by atoms with E-state index in [1.165, 1.54) is 30.9 Å². The van der Waals surface area contributed by atoms with Gasteiger partial charge in [0.2, 0.25) is 0 Å². The number of rotatable bonds is 4. The SMILES string of the molecule is NC(/C1=C/CCCCCC1)c1cccc(OC(F)F)c1. The zero-order chi connectivity index (χ0) is 14.4. The molecule has 0 amide bonds. The molecule has 0 saturated heterocycles. The summed E-state index contributed by atoms with van der Waals surface area (Å²) >= 11 is 0. The highest BCUT2D eigenvalue weighted by Gasteiger charge is 2.14. The fourth-order valence-corrected chi connectivity index (χ4v) is 2.60. The van der Waals surface area contributed by atoms with E-state index < -0.39 is 6.61 Å². The summed E-state index contributed by atoms with van der Waals surface area (Å²) in [6.07, 6.45) is 9.11. The Morgan fingerprint density at radius 2 is 1.90 bits per heavy atom. The fourth-order valence-electron chi connectivity index (χ4n) is 2.60. The van der Waals surface area contributed by atoms with Crippen molar-refractivity contribution in [2.24, 2.45) is 5.73 Å². The highest BCUT2D eigenvalue weighted by molar-refractivity contribution is 5.34. The number of hydrogen-bond donors (Lipinski definition) is 1. The molecule has 1 aromatic rings. The molecule has 0 saturated carbocycles. The van der Waals surface area contributed by atoms with E-state index >= 15 is 0 Å². The molecule has 0 heterocycles. The van der Waals surface area contributed by atoms with E-state index in [4.69, 9.17) is 5.73 Å². The van der Waals surface area contributed by atoms with Gasteiger partial charge in [-0.05, 0) is 43.4 Å². The zero-order valence-electron chi connectivity index (χ0n) is 11.5. The van der Waals surface area contributed by atoms with Crippen LogP contribution in [0.1, 0.15) is 50.1 Å². The summed E-state index contributed by atoms with van der Waals surface area (Å²) in [6.45, 7) is -2.80. The van der Waals surface area contributed by atoms with Crippen LogP contribution in [0.3, 0.4) is 0 Å². The summed E-state index contributed by atoms with van der Waals surface area (Å²) in [6, 6.07) is 6.47. The van der Waals surface area contributed by atoms with E-state index in [2.05, 4.69) is 10.8 Å². The van der Waals surface area contributed by atoms with Gasteiger partial charge >= 0.3 is 6.61 Å². The Bertz CT molecular complexity index is 460. The molecule has 4 heteroatoms. The van der Waals surface area contributed by atoms with Crippen LogP contribution in [0.4, 0.5) is 8.78 Å². The number of halogens is 2. The van der Waals surface area contributed by atoms with Crippen LogP contribution in [0.25, 0.3) is 0 Å². The maximum Gasteiger partial charge on any atom is 0.387 e. The maximum absolute atomic E-state index is 12.2. The van der Waals surface area contributed by atoms with Crippen molar-refractivity contribution in [3.8, 4) is 5.75 Å². The Labute approximate surface area is 118 Å². The van der Waals surface area contributed by atoms with Gasteiger partial charge in [-0.2, -0.15) is 8.78 Å². The van der Waals surface area contributed by atoms with Gasteiger partial charge < -0.3 is 10.5 Å². The molecule has 2 N–H and O–H groups in total. The van der Waals surface area contributed by atoms with Gasteiger partial charge in [0.05, 0.1) is 6.04 Å². The summed E-state index contributed by atoms with van der Waals surface area (Å²) in [5.74, 6) is 0.166. The maximum atomic E-state index is 12.2. The minimum absolute atomic E-state index is 0.166. The zero-order valence-corrected chi connectivity index (χ0v) is 11.5. The van der Waals surface area contributed by atoms with Crippen LogP contribution in [0.2, 0.25) is 0 Å². The topological polar surface area (TPSA) is 35.2 Å². The van der Waals surface area contributed by atoms with E-state index in [-0.39, 0.29) is 11.8 Å². The van der Waals surface area contributed by atoms with Gasteiger partial charge in [0.15, 0.2) is 0 Å². The summed E-state index contributed by atoms with van der Waals surface area (Å²) in [5, 5.41) is 0. The van der Waals surface area contributed by atoms with Crippen molar-refractivity contribution in [3.63, 3.8) is 0 Å². The van der Waals surface area contributed by atoms with E-state index in [1.807, 2.05) is 6.07 Å². The Kier molecular flexibility index (Phi) is 5.53. The number of allylic oxidation sites excluding steroid dienone is 1. The summed E-state index contributed by atoms with van der Waals surface area (Å²) in [4.78, 5) is 0. The molecule has 1 aliphatic carbocycles. The minimum atomic E-state index is -2.80. The quantitative estimate of drug-likeness (QED) is 0.821. The first-order chi connectivity index (χ1) is 9.66. The lowest BCUT2D eigenvalue weighted by Crippen LogP contribution is -2.14. The highest BCUT2D eigenvalue weighted by Crippen LogP contribution is 2.29. The number of benzene rings is 1. The second-order valence-electron chi connectivity index (χ2n) is 5.16. The van der Waals surface area contributed by atoms with Crippen LogP contribution in [0, 0.1) is 0 Å². The average molecular weight is 281 g/mol. The van der Waals surface area contributed by atoms with E-state index in [0.717, 1.165) is 24.8 Å². The normalized spacial score (nSPS) is 20.7. The first-order valence-electron chi connectivity index (χ1n) is 7.16. The molecular weight excluding hydrogens is 260 g/mol. The standard InChI is InChI=1S/C16H21F2NO/c17-16(18)20-14-10-6-9-13(11-14)15(19)12-7-4-2-1-3-5-8-12/h6-7,9-11,15-16H,1-5,8,19H2/b12-7+. The molecule has 1 unspecified atom stereocenters. The number of nitrogens with two attached hydrogens (primary N) is 1. The van der Waals surface area contributed by atoms with Crippen LogP contribution in [0.5, 0.6) is 5.75 Å². The second-order valence-corrected chi connectivity index (χ2v) is 5.16. The predicted octanol–water partition coefficient (Wildman–Crippen LogP) is 4.57. The minimum Gasteiger partial charge on any atom is -0.435 e. The van der Waals surface area contributed by atoms with Crippen molar-refractivity contribution in [2.75, 3.05) is 0 Å². The van der Waals surface area contributed by atoms with Crippen LogP contribution in [-0.2, 0) is 0 Å². The third-order valence-electron chi connectivity index (χ3n) is 3.67. The van der Waals surface area contributed by atoms with E-state index in [0.29, 0.717) is 0 Å². The molecule has 0 radical (unpaired) electrons. The van der Waals surface area contributed by atoms with Gasteiger partial charge in [0.25, 0.3) is 0 Å². The molecule has 0 spiro atoms. The molecule has 1 aromatic carbocycles. The predicted molar refractivity (Wildman–Crippen MR) is 75.8 cm³/mol. The molecule has 1 atom stereocenters. The molecule has 110 valence electrons. The summed E-state index contributed by atoms with van der Waals surface area (Å²) in [7, 11) is 0. The molecule has 2 nitrogen and oxygen atoms in total. The van der Waals surface area contributed by atoms with Crippen molar-refractivity contribution in [2.45, 2.75) is 51.2 Å². The Morgan fingerprint density at radius 3 is 2.70 bits per heavy atom. The van der Waals surface area contributed by atoms with Crippen molar-refractivity contribution < 1.29 is 13.5 Å². The molecule has 0 aliphatic heterocycles. The van der Waals surface area contributed by atoms with E-state index in [9.17, 15) is 8.78 Å². The molecule has 0 bridgehead atoms. The molecule has 1 aliphatic rings. The van der Waals surface area contributed by atoms with Crippen LogP contribution >= 0.6 is 0 Å². The van der Waals surface area contributed by atoms with Crippen molar-refractivity contribution in [1.82, 2.24) is 0 Å². The Balaban J connectivity index is 2.12. The first kappa shape index (κ1) is 15.0. The highest BCUT2D eigenvalue weighted by atomic mass is 19.3. The number of ether oxygens (including phenoxy) is 1. The molecule has 0 aromatic heterocycles. The molecule has 2 rings (SSSR count). The van der Waals surface area contributed by atoms with E-state index in [1.54, 1.807) is 12.1 Å². The van der Waals surface area contributed by atoms with Crippen molar-refractivity contribution >= 4 is 0 Å². The fraction of sp³-hybridized carbons (Fsp3) is 0.500. The number of hydrogen-bond acceptors (Lipinski definition) is 2. The van der Waals surface area contributed by atoms with Gasteiger partial charge in [0.1, 0.15) is 5.75 Å². The molecular formula is C16H21F2NO. The summed E-state index contributed by atoms with van der Waals surface area (Å²) < 4.78 is 28.9. The van der Waals surface area contributed by atoms with Crippen LogP contribution < -0.4 is 10.5 Å². The lowest BCUT2D eigenvalue weighted by molar-refractivity contribution is -0.0498. The average Bonchev–Trinajstić information content (AvgIpc) is 2.37. The Morgan fingerprint density at radius 1 is 1.10 bits per heavy atom. The second kappa shape index (κ2) is 7.39. The number of alkyl halides is 2. The largest absolute Gasteiger partial charge is 0.435 e. The molecule has 20 heavy (non-hydrogen) atoms. The Hall–Kier alpha value is -1.42. The lowest BCUT2D eigenvalue weighted by Gasteiger charge is -2.19. The first-order valence-corrected chi connectivity index (χ1v) is 7.16. The van der Waals surface area contributed by atoms with Gasteiger partial charge in [-0.3, -0.25) is 0 Å². The smallest absolute Gasteiger partial charge is 0.387 e. The molecule has 0 fully saturated rings. The summed E-state index contributed by atoms with van der Waals surface area (Å²) in [5.41, 5.74) is 8.31. The monoisotopic (exact) mass is 281 g/mol. The van der Waals surface area contributed by atoms with Crippen LogP contribution in [0.15, 0.2) is 35.9 Å². The van der Waals surface area contributed by atoms with Gasteiger partial charge in [-0.15, -0.1) is 0 Å². The van der Waals surface area contributed by atoms with Crippen LogP contribution in [-0.4, -0.2) is 6.61 Å². The van der Waals surface area contributed by atoms with Gasteiger partial charge in [-0.1, -0.05) is 36.6 Å². The third kappa shape index (κ3) is 4.30. The van der Waals surface area contributed by atoms with Crippen molar-refractivity contribution in [1.29, 1.82) is 0 Å². The van der Waals surface area contributed by atoms with Gasteiger partial charge in [0, 0.05) is 0 Å². The lowest BCUT2D eigenvalue weighted by atomic mass is 9.91. The third-order valence-corrected chi connectivity index (χ3v) is 3.67.